The number of amides is 3. The molecule has 148 valence electrons. The van der Waals surface area contributed by atoms with E-state index in [0.29, 0.717) is 12.3 Å². The highest BCUT2D eigenvalue weighted by atomic mass is 16.5. The Morgan fingerprint density at radius 3 is 2.21 bits per heavy atom. The van der Waals surface area contributed by atoms with Gasteiger partial charge in [-0.2, -0.15) is 0 Å². The van der Waals surface area contributed by atoms with Crippen molar-refractivity contribution in [2.45, 2.75) is 39.3 Å². The molecule has 7 nitrogen and oxygen atoms in total. The summed E-state index contributed by atoms with van der Waals surface area (Å²) in [5.41, 5.74) is 6.66. The summed E-state index contributed by atoms with van der Waals surface area (Å²) >= 11 is 0. The molecule has 0 aromatic heterocycles. The standard InChI is InChI=1S/C21H25N3O4/c1-15-8-10-18(11-9-15)28-16(2)21(27)24-23-20(26)13-12-19(25)22-14-17-6-4-3-5-7-17/h3-11,16H,12-14H2,1-2H3,(H,22,25)(H,23,26)(H,24,27)/t16-/m1/s1. The van der Waals surface area contributed by atoms with Crippen molar-refractivity contribution in [1.29, 1.82) is 0 Å². The van der Waals surface area contributed by atoms with Gasteiger partial charge in [-0.25, -0.2) is 0 Å². The van der Waals surface area contributed by atoms with Crippen molar-refractivity contribution in [3.8, 4) is 5.75 Å². The Hall–Kier alpha value is -3.35. The lowest BCUT2D eigenvalue weighted by molar-refractivity contribution is -0.133. The fraction of sp³-hybridized carbons (Fsp3) is 0.286. The molecule has 0 aliphatic heterocycles. The largest absolute Gasteiger partial charge is 0.481 e. The molecule has 0 saturated heterocycles. The summed E-state index contributed by atoms with van der Waals surface area (Å²) in [6.45, 7) is 3.95. The third-order valence-corrected chi connectivity index (χ3v) is 3.94. The van der Waals surface area contributed by atoms with Crippen molar-refractivity contribution < 1.29 is 19.1 Å². The maximum absolute atomic E-state index is 12.0. The smallest absolute Gasteiger partial charge is 0.279 e. The van der Waals surface area contributed by atoms with Crippen LogP contribution in [0.15, 0.2) is 54.6 Å². The number of benzene rings is 2. The minimum absolute atomic E-state index is 0.0317. The summed E-state index contributed by atoms with van der Waals surface area (Å²) in [6.07, 6.45) is -0.782. The zero-order valence-corrected chi connectivity index (χ0v) is 16.0. The number of nitrogens with one attached hydrogen (secondary N) is 3. The average molecular weight is 383 g/mol. The normalized spacial score (nSPS) is 11.2. The lowest BCUT2D eigenvalue weighted by atomic mass is 10.2. The van der Waals surface area contributed by atoms with Crippen LogP contribution in [0.25, 0.3) is 0 Å². The predicted molar refractivity (Wildman–Crippen MR) is 105 cm³/mol. The molecule has 0 radical (unpaired) electrons. The number of hydrazine groups is 1. The first-order chi connectivity index (χ1) is 13.4. The van der Waals surface area contributed by atoms with Gasteiger partial charge in [-0.1, -0.05) is 48.0 Å². The minimum atomic E-state index is -0.780. The molecular weight excluding hydrogens is 358 g/mol. The third kappa shape index (κ3) is 7.49. The van der Waals surface area contributed by atoms with Gasteiger partial charge in [0.1, 0.15) is 5.75 Å². The lowest BCUT2D eigenvalue weighted by Gasteiger charge is -2.15. The molecule has 0 unspecified atom stereocenters. The van der Waals surface area contributed by atoms with Crippen molar-refractivity contribution in [2.75, 3.05) is 0 Å². The topological polar surface area (TPSA) is 96.5 Å². The zero-order valence-electron chi connectivity index (χ0n) is 16.0. The van der Waals surface area contributed by atoms with Crippen molar-refractivity contribution in [1.82, 2.24) is 16.2 Å². The Balaban J connectivity index is 1.63. The summed E-state index contributed by atoms with van der Waals surface area (Å²) in [4.78, 5) is 35.6. The molecule has 2 rings (SSSR count). The predicted octanol–water partition coefficient (Wildman–Crippen LogP) is 2.01. The van der Waals surface area contributed by atoms with Crippen molar-refractivity contribution in [3.05, 3.63) is 65.7 Å². The van der Waals surface area contributed by atoms with Gasteiger partial charge >= 0.3 is 0 Å². The van der Waals surface area contributed by atoms with E-state index in [4.69, 9.17) is 4.74 Å². The molecule has 3 amide bonds. The maximum atomic E-state index is 12.0. The Morgan fingerprint density at radius 1 is 0.893 bits per heavy atom. The van der Waals surface area contributed by atoms with Gasteiger partial charge in [-0.15, -0.1) is 0 Å². The molecule has 0 heterocycles. The van der Waals surface area contributed by atoms with E-state index >= 15 is 0 Å². The Morgan fingerprint density at radius 2 is 1.54 bits per heavy atom. The van der Waals surface area contributed by atoms with E-state index in [1.807, 2.05) is 49.4 Å². The van der Waals surface area contributed by atoms with Crippen LogP contribution in [0.4, 0.5) is 0 Å². The number of carbonyl (C=O) groups excluding carboxylic acids is 3. The first-order valence-electron chi connectivity index (χ1n) is 9.06. The van der Waals surface area contributed by atoms with Gasteiger partial charge in [-0.3, -0.25) is 25.2 Å². The molecule has 0 spiro atoms. The number of hydrogen-bond acceptors (Lipinski definition) is 4. The fourth-order valence-electron chi connectivity index (χ4n) is 2.28. The molecule has 3 N–H and O–H groups in total. The summed E-state index contributed by atoms with van der Waals surface area (Å²) in [7, 11) is 0. The number of hydrogen-bond donors (Lipinski definition) is 3. The second-order valence-corrected chi connectivity index (χ2v) is 6.37. The van der Waals surface area contributed by atoms with Gasteiger partial charge < -0.3 is 10.1 Å². The van der Waals surface area contributed by atoms with Gasteiger partial charge in [0.25, 0.3) is 5.91 Å². The molecule has 2 aromatic rings. The van der Waals surface area contributed by atoms with Gasteiger partial charge in [-0.05, 0) is 31.5 Å². The summed E-state index contributed by atoms with van der Waals surface area (Å²) in [5, 5.41) is 2.74. The number of ether oxygens (including phenoxy) is 1. The Bertz CT molecular complexity index is 791. The first-order valence-corrected chi connectivity index (χ1v) is 9.06. The van der Waals surface area contributed by atoms with Crippen LogP contribution in [0.3, 0.4) is 0 Å². The minimum Gasteiger partial charge on any atom is -0.481 e. The van der Waals surface area contributed by atoms with Gasteiger partial charge in [0.15, 0.2) is 6.10 Å². The van der Waals surface area contributed by atoms with Crippen LogP contribution in [-0.2, 0) is 20.9 Å². The highest BCUT2D eigenvalue weighted by molar-refractivity contribution is 5.86. The van der Waals surface area contributed by atoms with Gasteiger partial charge in [0, 0.05) is 19.4 Å². The van der Waals surface area contributed by atoms with Crippen LogP contribution in [0.1, 0.15) is 30.9 Å². The Kier molecular flexibility index (Phi) is 8.02. The van der Waals surface area contributed by atoms with Crippen molar-refractivity contribution in [2.24, 2.45) is 0 Å². The highest BCUT2D eigenvalue weighted by Gasteiger charge is 2.15. The van der Waals surface area contributed by atoms with Crippen LogP contribution < -0.4 is 20.9 Å². The summed E-state index contributed by atoms with van der Waals surface area (Å²) in [5.74, 6) is -0.607. The van der Waals surface area contributed by atoms with Crippen LogP contribution in [0, 0.1) is 6.92 Å². The molecular formula is C21H25N3O4. The van der Waals surface area contributed by atoms with Crippen LogP contribution in [-0.4, -0.2) is 23.8 Å². The number of carbonyl (C=O) groups is 3. The van der Waals surface area contributed by atoms with Crippen molar-refractivity contribution in [3.63, 3.8) is 0 Å². The average Bonchev–Trinajstić information content (AvgIpc) is 2.71. The van der Waals surface area contributed by atoms with E-state index in [1.165, 1.54) is 0 Å². The molecule has 0 fully saturated rings. The van der Waals surface area contributed by atoms with E-state index < -0.39 is 17.9 Å². The second-order valence-electron chi connectivity index (χ2n) is 6.37. The summed E-state index contributed by atoms with van der Waals surface area (Å²) in [6, 6.07) is 16.8. The lowest BCUT2D eigenvalue weighted by Crippen LogP contribution is -2.47. The molecule has 0 bridgehead atoms. The van der Waals surface area contributed by atoms with E-state index in [2.05, 4.69) is 16.2 Å². The number of rotatable bonds is 8. The van der Waals surface area contributed by atoms with Gasteiger partial charge in [0.2, 0.25) is 11.8 Å². The molecule has 7 heteroatoms. The van der Waals surface area contributed by atoms with E-state index in [0.717, 1.165) is 11.1 Å². The molecule has 2 aromatic carbocycles. The summed E-state index contributed by atoms with van der Waals surface area (Å²) < 4.78 is 5.51. The quantitative estimate of drug-likeness (QED) is 0.608. The van der Waals surface area contributed by atoms with Crippen molar-refractivity contribution >= 4 is 17.7 Å². The van der Waals surface area contributed by atoms with Crippen LogP contribution in [0.2, 0.25) is 0 Å². The monoisotopic (exact) mass is 383 g/mol. The molecule has 0 saturated carbocycles. The van der Waals surface area contributed by atoms with E-state index in [1.54, 1.807) is 19.1 Å². The molecule has 0 aliphatic carbocycles. The van der Waals surface area contributed by atoms with E-state index in [9.17, 15) is 14.4 Å². The molecule has 0 aliphatic rings. The third-order valence-electron chi connectivity index (χ3n) is 3.94. The van der Waals surface area contributed by atoms with Crippen LogP contribution >= 0.6 is 0 Å². The SMILES string of the molecule is Cc1ccc(O[C@H](C)C(=O)NNC(=O)CCC(=O)NCc2ccccc2)cc1. The fourth-order valence-corrected chi connectivity index (χ4v) is 2.28. The zero-order chi connectivity index (χ0) is 20.4. The Labute approximate surface area is 164 Å². The van der Waals surface area contributed by atoms with Crippen LogP contribution in [0.5, 0.6) is 5.75 Å². The molecule has 1 atom stereocenters. The molecule has 28 heavy (non-hydrogen) atoms. The van der Waals surface area contributed by atoms with E-state index in [-0.39, 0.29) is 18.7 Å². The maximum Gasteiger partial charge on any atom is 0.279 e. The number of aryl methyl sites for hydroxylation is 1. The first kappa shape index (κ1) is 21.0. The highest BCUT2D eigenvalue weighted by Crippen LogP contribution is 2.13. The van der Waals surface area contributed by atoms with Gasteiger partial charge in [0.05, 0.1) is 0 Å². The second kappa shape index (κ2) is 10.7.